The summed E-state index contributed by atoms with van der Waals surface area (Å²) in [6.45, 7) is 7.79. The van der Waals surface area contributed by atoms with Crippen molar-refractivity contribution in [1.82, 2.24) is 0 Å². The van der Waals surface area contributed by atoms with E-state index in [9.17, 15) is 8.78 Å². The van der Waals surface area contributed by atoms with E-state index in [2.05, 4.69) is 0 Å². The van der Waals surface area contributed by atoms with Gasteiger partial charge in [-0.15, -0.1) is 0 Å². The van der Waals surface area contributed by atoms with Gasteiger partial charge in [-0.1, -0.05) is 26.0 Å². The summed E-state index contributed by atoms with van der Waals surface area (Å²) in [5, 5.41) is 0. The van der Waals surface area contributed by atoms with Crippen molar-refractivity contribution in [3.05, 3.63) is 34.9 Å². The zero-order valence-corrected chi connectivity index (χ0v) is 12.1. The molecule has 4 heteroatoms. The summed E-state index contributed by atoms with van der Waals surface area (Å²) in [6.07, 6.45) is 1.29. The lowest BCUT2D eigenvalue weighted by Gasteiger charge is -2.37. The molecular weight excluding hydrogens is 248 g/mol. The molecule has 19 heavy (non-hydrogen) atoms. The van der Waals surface area contributed by atoms with Gasteiger partial charge in [-0.05, 0) is 32.3 Å². The van der Waals surface area contributed by atoms with Crippen LogP contribution in [0.5, 0.6) is 0 Å². The van der Waals surface area contributed by atoms with Crippen molar-refractivity contribution in [1.29, 1.82) is 0 Å². The highest BCUT2D eigenvalue weighted by atomic mass is 19.2. The van der Waals surface area contributed by atoms with Gasteiger partial charge >= 0.3 is 0 Å². The lowest BCUT2D eigenvalue weighted by Crippen LogP contribution is -2.43. The van der Waals surface area contributed by atoms with Crippen LogP contribution >= 0.6 is 0 Å². The van der Waals surface area contributed by atoms with E-state index < -0.39 is 23.3 Å². The lowest BCUT2D eigenvalue weighted by atomic mass is 9.84. The normalized spacial score (nSPS) is 13.6. The largest absolute Gasteiger partial charge is 0.373 e. The molecule has 0 aromatic heterocycles. The Balaban J connectivity index is 3.24. The van der Waals surface area contributed by atoms with Gasteiger partial charge in [0.25, 0.3) is 0 Å². The monoisotopic (exact) mass is 271 g/mol. The molecular formula is C15H23F2NO. The molecule has 0 aliphatic heterocycles. The first-order valence-corrected chi connectivity index (χ1v) is 6.77. The summed E-state index contributed by atoms with van der Waals surface area (Å²) < 4.78 is 33.5. The summed E-state index contributed by atoms with van der Waals surface area (Å²) in [4.78, 5) is 0. The molecule has 108 valence electrons. The van der Waals surface area contributed by atoms with Crippen LogP contribution in [0.15, 0.2) is 12.1 Å². The fraction of sp³-hybridized carbons (Fsp3) is 0.600. The Morgan fingerprint density at radius 2 is 1.74 bits per heavy atom. The van der Waals surface area contributed by atoms with E-state index in [1.165, 1.54) is 6.92 Å². The van der Waals surface area contributed by atoms with Crippen molar-refractivity contribution in [3.63, 3.8) is 0 Å². The highest BCUT2D eigenvalue weighted by Gasteiger charge is 2.37. The molecule has 0 saturated heterocycles. The van der Waals surface area contributed by atoms with Crippen LogP contribution in [0.3, 0.4) is 0 Å². The number of halogens is 2. The first-order chi connectivity index (χ1) is 8.93. The van der Waals surface area contributed by atoms with Crippen molar-refractivity contribution in [2.75, 3.05) is 6.61 Å². The van der Waals surface area contributed by atoms with Crippen LogP contribution in [0.25, 0.3) is 0 Å². The Morgan fingerprint density at radius 3 is 2.21 bits per heavy atom. The van der Waals surface area contributed by atoms with Gasteiger partial charge in [0, 0.05) is 12.2 Å². The molecule has 0 radical (unpaired) electrons. The molecule has 0 aliphatic rings. The molecule has 0 aliphatic carbocycles. The van der Waals surface area contributed by atoms with Crippen LogP contribution in [0.2, 0.25) is 0 Å². The van der Waals surface area contributed by atoms with E-state index in [1.807, 2.05) is 20.8 Å². The maximum atomic E-state index is 14.0. The average Bonchev–Trinajstić information content (AvgIpc) is 2.42. The van der Waals surface area contributed by atoms with Crippen molar-refractivity contribution in [3.8, 4) is 0 Å². The molecule has 0 fully saturated rings. The lowest BCUT2D eigenvalue weighted by molar-refractivity contribution is -0.0653. The van der Waals surface area contributed by atoms with Crippen LogP contribution in [0.4, 0.5) is 8.78 Å². The van der Waals surface area contributed by atoms with Gasteiger partial charge in [0.1, 0.15) is 0 Å². The molecule has 1 rings (SSSR count). The third kappa shape index (κ3) is 2.95. The van der Waals surface area contributed by atoms with Gasteiger partial charge in [-0.25, -0.2) is 8.78 Å². The maximum Gasteiger partial charge on any atom is 0.163 e. The van der Waals surface area contributed by atoms with Crippen molar-refractivity contribution >= 4 is 0 Å². The molecule has 0 amide bonds. The third-order valence-electron chi connectivity index (χ3n) is 3.84. The summed E-state index contributed by atoms with van der Waals surface area (Å²) >= 11 is 0. The SMILES string of the molecule is CCOC(CC)(CC)C(N)c1ccc(C)c(F)c1F. The second kappa shape index (κ2) is 6.44. The fourth-order valence-electron chi connectivity index (χ4n) is 2.46. The van der Waals surface area contributed by atoms with E-state index in [-0.39, 0.29) is 11.1 Å². The predicted molar refractivity (Wildman–Crippen MR) is 73.0 cm³/mol. The topological polar surface area (TPSA) is 35.2 Å². The number of hydrogen-bond donors (Lipinski definition) is 1. The molecule has 2 N–H and O–H groups in total. The van der Waals surface area contributed by atoms with Gasteiger partial charge in [0.2, 0.25) is 0 Å². The predicted octanol–water partition coefficient (Wildman–Crippen LogP) is 3.87. The van der Waals surface area contributed by atoms with Crippen LogP contribution in [0, 0.1) is 18.6 Å². The maximum absolute atomic E-state index is 14.0. The first kappa shape index (κ1) is 16.1. The average molecular weight is 271 g/mol. The van der Waals surface area contributed by atoms with E-state index in [0.29, 0.717) is 19.4 Å². The number of benzene rings is 1. The van der Waals surface area contributed by atoms with E-state index >= 15 is 0 Å². The van der Waals surface area contributed by atoms with Crippen LogP contribution in [-0.4, -0.2) is 12.2 Å². The van der Waals surface area contributed by atoms with Crippen LogP contribution in [0.1, 0.15) is 50.8 Å². The molecule has 1 aromatic rings. The second-order valence-electron chi connectivity index (χ2n) is 4.78. The zero-order chi connectivity index (χ0) is 14.6. The first-order valence-electron chi connectivity index (χ1n) is 6.77. The van der Waals surface area contributed by atoms with E-state index in [4.69, 9.17) is 10.5 Å². The third-order valence-corrected chi connectivity index (χ3v) is 3.84. The quantitative estimate of drug-likeness (QED) is 0.852. The van der Waals surface area contributed by atoms with Gasteiger partial charge in [-0.3, -0.25) is 0 Å². The summed E-state index contributed by atoms with van der Waals surface area (Å²) in [5.41, 5.74) is 5.98. The minimum atomic E-state index is -0.863. The summed E-state index contributed by atoms with van der Waals surface area (Å²) in [5.74, 6) is -1.69. The van der Waals surface area contributed by atoms with Crippen LogP contribution in [-0.2, 0) is 4.74 Å². The minimum absolute atomic E-state index is 0.181. The van der Waals surface area contributed by atoms with Crippen molar-refractivity contribution < 1.29 is 13.5 Å². The Bertz CT molecular complexity index is 430. The van der Waals surface area contributed by atoms with Crippen molar-refractivity contribution in [2.45, 2.75) is 52.2 Å². The highest BCUT2D eigenvalue weighted by molar-refractivity contribution is 5.29. The molecule has 0 heterocycles. The fourth-order valence-corrected chi connectivity index (χ4v) is 2.46. The molecule has 1 atom stereocenters. The minimum Gasteiger partial charge on any atom is -0.373 e. The molecule has 1 aromatic carbocycles. The van der Waals surface area contributed by atoms with Crippen molar-refractivity contribution in [2.24, 2.45) is 5.73 Å². The number of hydrogen-bond acceptors (Lipinski definition) is 2. The van der Waals surface area contributed by atoms with E-state index in [1.54, 1.807) is 12.1 Å². The number of ether oxygens (including phenoxy) is 1. The Hall–Kier alpha value is -1.00. The second-order valence-corrected chi connectivity index (χ2v) is 4.78. The highest BCUT2D eigenvalue weighted by Crippen LogP contribution is 2.35. The van der Waals surface area contributed by atoms with Gasteiger partial charge in [0.05, 0.1) is 11.6 Å². The van der Waals surface area contributed by atoms with E-state index in [0.717, 1.165) is 0 Å². The summed E-state index contributed by atoms with van der Waals surface area (Å²) in [7, 11) is 0. The molecule has 0 saturated carbocycles. The Labute approximate surface area is 114 Å². The molecule has 2 nitrogen and oxygen atoms in total. The molecule has 0 spiro atoms. The standard InChI is InChI=1S/C15H23F2NO/c1-5-15(6-2,19-7-3)14(18)11-9-8-10(4)12(16)13(11)17/h8-9,14H,5-7,18H2,1-4H3. The zero-order valence-electron chi connectivity index (χ0n) is 12.1. The Morgan fingerprint density at radius 1 is 1.16 bits per heavy atom. The summed E-state index contributed by atoms with van der Waals surface area (Å²) in [6, 6.07) is 2.42. The number of rotatable bonds is 6. The molecule has 1 unspecified atom stereocenters. The van der Waals surface area contributed by atoms with Crippen LogP contribution < -0.4 is 5.73 Å². The van der Waals surface area contributed by atoms with Gasteiger partial charge in [0.15, 0.2) is 11.6 Å². The van der Waals surface area contributed by atoms with Gasteiger partial charge in [-0.2, -0.15) is 0 Å². The Kier molecular flexibility index (Phi) is 5.44. The van der Waals surface area contributed by atoms with Gasteiger partial charge < -0.3 is 10.5 Å². The smallest absolute Gasteiger partial charge is 0.163 e. The number of aryl methyl sites for hydroxylation is 1. The number of nitrogens with two attached hydrogens (primary N) is 1. The molecule has 0 bridgehead atoms.